The number of phenols is 3. The number of rotatable bonds is 12. The van der Waals surface area contributed by atoms with Gasteiger partial charge in [-0.1, -0.05) is 0 Å². The quantitative estimate of drug-likeness (QED) is 0.0504. The molecule has 1 heterocycles. The van der Waals surface area contributed by atoms with Crippen LogP contribution in [-0.4, -0.2) is 24.5 Å². The maximum absolute atomic E-state index is 10.2. The van der Waals surface area contributed by atoms with Gasteiger partial charge >= 0.3 is 313 Å². The summed E-state index contributed by atoms with van der Waals surface area (Å²) in [6.45, 7) is 0. The number of anilines is 3. The van der Waals surface area contributed by atoms with Crippen LogP contribution in [0.25, 0.3) is 0 Å². The van der Waals surface area contributed by atoms with Crippen molar-refractivity contribution < 1.29 is 43.1 Å². The average Bonchev–Trinajstić information content (AvgIpc) is 3.17. The zero-order chi connectivity index (χ0) is 37.7. The van der Waals surface area contributed by atoms with Gasteiger partial charge in [-0.05, 0) is 0 Å². The van der Waals surface area contributed by atoms with Gasteiger partial charge in [0, 0.05) is 0 Å². The average molecular weight is 787 g/mol. The minimum atomic E-state index is -5.58. The van der Waals surface area contributed by atoms with Crippen molar-refractivity contribution in [1.82, 2.24) is 9.21 Å². The van der Waals surface area contributed by atoms with Crippen LogP contribution in [0.2, 0.25) is 0 Å². The Kier molecular flexibility index (Phi) is 10.1. The van der Waals surface area contributed by atoms with Crippen LogP contribution in [0.5, 0.6) is 51.7 Å². The summed E-state index contributed by atoms with van der Waals surface area (Å²) in [5, 5.41) is 30.7. The molecular weight excluding hydrogens is 753 g/mol. The van der Waals surface area contributed by atoms with E-state index in [1.54, 1.807) is 72.8 Å². The fraction of sp³-hybridized carbons (Fsp3) is 0. The van der Waals surface area contributed by atoms with E-state index in [1.807, 2.05) is 0 Å². The van der Waals surface area contributed by atoms with Crippen LogP contribution in [0.15, 0.2) is 150 Å². The van der Waals surface area contributed by atoms with Gasteiger partial charge in [0.25, 0.3) is 0 Å². The van der Waals surface area contributed by atoms with Gasteiger partial charge in [-0.2, -0.15) is 0 Å². The molecule has 0 spiro atoms. The Morgan fingerprint density at radius 3 is 1.19 bits per heavy atom. The Morgan fingerprint density at radius 1 is 0.463 bits per heavy atom. The van der Waals surface area contributed by atoms with E-state index in [1.165, 1.54) is 82.0 Å². The van der Waals surface area contributed by atoms with E-state index in [2.05, 4.69) is 0 Å². The number of nitrogens with zero attached hydrogens (tertiary/aromatic N) is 3. The molecule has 0 amide bonds. The minimum absolute atomic E-state index is 0.0317. The molecule has 18 heteroatoms. The molecule has 6 aromatic carbocycles. The van der Waals surface area contributed by atoms with E-state index in [0.29, 0.717) is 28.6 Å². The van der Waals surface area contributed by atoms with E-state index in [-0.39, 0.29) is 48.8 Å². The first kappa shape index (κ1) is 36.2. The molecule has 1 aliphatic heterocycles. The number of hydrogen-bond donors (Lipinski definition) is 6. The Bertz CT molecular complexity index is 2100. The first-order valence-electron chi connectivity index (χ1n) is 16.0. The monoisotopic (exact) mass is 786 g/mol. The summed E-state index contributed by atoms with van der Waals surface area (Å²) < 4.78 is 35.2. The molecule has 0 saturated heterocycles. The Labute approximate surface area is 312 Å². The second kappa shape index (κ2) is 15.0. The summed E-state index contributed by atoms with van der Waals surface area (Å²) in [6.07, 6.45) is 0. The van der Waals surface area contributed by atoms with Crippen LogP contribution in [-0.2, 0) is 0 Å². The molecule has 1 aliphatic rings. The van der Waals surface area contributed by atoms with Crippen LogP contribution in [0.3, 0.4) is 0 Å². The molecule has 1 atom stereocenters. The molecular formula is C36H33N6O9P3. The molecule has 1 unspecified atom stereocenters. The molecule has 9 N–H and O–H groups in total. The molecule has 0 fully saturated rings. The predicted molar refractivity (Wildman–Crippen MR) is 208 cm³/mol. The maximum atomic E-state index is 10.2. The van der Waals surface area contributed by atoms with Gasteiger partial charge in [0.05, 0.1) is 0 Å². The van der Waals surface area contributed by atoms with Gasteiger partial charge in [0.1, 0.15) is 0 Å². The van der Waals surface area contributed by atoms with Crippen molar-refractivity contribution in [2.24, 2.45) is 4.52 Å². The Morgan fingerprint density at radius 2 is 0.796 bits per heavy atom. The van der Waals surface area contributed by atoms with Crippen molar-refractivity contribution in [2.45, 2.75) is 0 Å². The fourth-order valence-corrected chi connectivity index (χ4v) is 12.4. The van der Waals surface area contributed by atoms with Crippen molar-refractivity contribution >= 4 is 41.6 Å². The van der Waals surface area contributed by atoms with Crippen LogP contribution in [0, 0.1) is 0 Å². The summed E-state index contributed by atoms with van der Waals surface area (Å²) in [7, 11) is -7.98. The Hall–Kier alpha value is -6.20. The van der Waals surface area contributed by atoms with Crippen LogP contribution in [0.4, 0.5) is 17.1 Å². The topological polar surface area (TPSA) is 213 Å². The molecule has 0 saturated carbocycles. The van der Waals surface area contributed by atoms with Crippen molar-refractivity contribution in [3.63, 3.8) is 0 Å². The van der Waals surface area contributed by atoms with Crippen molar-refractivity contribution in [3.8, 4) is 51.7 Å². The van der Waals surface area contributed by atoms with Gasteiger partial charge < -0.3 is 0 Å². The molecule has 276 valence electrons. The fourth-order valence-electron chi connectivity index (χ4n) is 4.74. The number of nitrogen functional groups attached to an aromatic ring is 3. The van der Waals surface area contributed by atoms with Gasteiger partial charge in [-0.15, -0.1) is 0 Å². The van der Waals surface area contributed by atoms with Gasteiger partial charge in [0.2, 0.25) is 0 Å². The molecule has 15 nitrogen and oxygen atoms in total. The van der Waals surface area contributed by atoms with E-state index in [9.17, 15) is 15.3 Å². The molecule has 0 radical (unpaired) electrons. The standard InChI is InChI=1S/C36H33N6O9P3/c37-25-1-13-31(14-2-25)46-41-52-40-54(49-34-19-7-28(43)8-20-34,50-35-21-9-29(44)10-22-35,51-36-23-11-30(45)12-24-36)42(47-32-15-3-26(38)4-16-32)53(41)48-33-17-5-27(39)6-18-33/h1-24,43-45H,37-39H2. The van der Waals surface area contributed by atoms with Gasteiger partial charge in [-0.3, -0.25) is 0 Å². The van der Waals surface area contributed by atoms with E-state index in [0.717, 1.165) is 0 Å². The first-order chi connectivity index (χ1) is 26.0. The first-order valence-corrected chi connectivity index (χ1v) is 19.8. The summed E-state index contributed by atoms with van der Waals surface area (Å²) in [4.78, 5) is 13.2. The Balaban J connectivity index is 1.52. The molecule has 0 aromatic heterocycles. The number of hydrogen-bond acceptors (Lipinski definition) is 15. The third kappa shape index (κ3) is 8.06. The third-order valence-corrected chi connectivity index (χ3v) is 14.5. The van der Waals surface area contributed by atoms with E-state index < -0.39 is 16.0 Å². The number of nitrogens with two attached hydrogens (primary N) is 3. The van der Waals surface area contributed by atoms with Crippen LogP contribution >= 0.6 is 24.6 Å². The number of phenolic OH excluding ortho intramolecular Hbond substituents is 3. The molecule has 6 aromatic rings. The normalized spacial score (nSPS) is 17.3. The van der Waals surface area contributed by atoms with Crippen molar-refractivity contribution in [3.05, 3.63) is 146 Å². The van der Waals surface area contributed by atoms with Crippen molar-refractivity contribution in [2.75, 3.05) is 17.2 Å². The zero-order valence-electron chi connectivity index (χ0n) is 28.1. The van der Waals surface area contributed by atoms with E-state index >= 15 is 0 Å². The molecule has 7 rings (SSSR count). The SMILES string of the molecule is Nc1ccc(ON2P=NP(Oc3ccc(O)cc3)(Oc3ccc(O)cc3)(Oc3ccc(O)cc3)N(Oc3ccc(N)cc3)P2Oc2ccc(N)cc2)cc1. The number of benzene rings is 6. The summed E-state index contributed by atoms with van der Waals surface area (Å²) >= 11 is 0. The second-order valence-corrected chi connectivity index (χ2v) is 17.3. The molecule has 0 bridgehead atoms. The van der Waals surface area contributed by atoms with Gasteiger partial charge in [-0.25, -0.2) is 0 Å². The number of aromatic hydroxyl groups is 3. The zero-order valence-corrected chi connectivity index (χ0v) is 30.7. The predicted octanol–water partition coefficient (Wildman–Crippen LogP) is 9.17. The molecule has 0 aliphatic carbocycles. The van der Waals surface area contributed by atoms with E-state index in [4.69, 9.17) is 49.5 Å². The third-order valence-electron chi connectivity index (χ3n) is 7.34. The van der Waals surface area contributed by atoms with Crippen LogP contribution in [0.1, 0.15) is 0 Å². The summed E-state index contributed by atoms with van der Waals surface area (Å²) in [5.41, 5.74) is 19.6. The van der Waals surface area contributed by atoms with Crippen LogP contribution < -0.4 is 45.0 Å². The van der Waals surface area contributed by atoms with Crippen molar-refractivity contribution in [1.29, 1.82) is 0 Å². The summed E-state index contributed by atoms with van der Waals surface area (Å²) in [5.74, 6) is 1.30. The van der Waals surface area contributed by atoms with Gasteiger partial charge in [0.15, 0.2) is 0 Å². The molecule has 54 heavy (non-hydrogen) atoms. The second-order valence-electron chi connectivity index (χ2n) is 11.5. The summed E-state index contributed by atoms with van der Waals surface area (Å²) in [6, 6.07) is 37.4.